The van der Waals surface area contributed by atoms with Gasteiger partial charge >= 0.3 is 0 Å². The maximum absolute atomic E-state index is 12.5. The summed E-state index contributed by atoms with van der Waals surface area (Å²) in [5.74, 6) is 1.67. The van der Waals surface area contributed by atoms with E-state index in [2.05, 4.69) is 15.4 Å². The molecule has 0 saturated heterocycles. The Balaban J connectivity index is 1.42. The molecule has 0 radical (unpaired) electrons. The second-order valence-electron chi connectivity index (χ2n) is 6.36. The van der Waals surface area contributed by atoms with Crippen LogP contribution in [0.15, 0.2) is 23.2 Å². The zero-order valence-corrected chi connectivity index (χ0v) is 13.1. The minimum absolute atomic E-state index is 0.00791. The molecule has 1 amide bonds. The molecule has 0 aromatic carbocycles. The summed E-state index contributed by atoms with van der Waals surface area (Å²) in [6, 6.07) is -0.00791. The van der Waals surface area contributed by atoms with E-state index in [9.17, 15) is 4.79 Å². The Kier molecular flexibility index (Phi) is 3.55. The number of hydrogen-bond donors (Lipinski definition) is 1. The highest BCUT2D eigenvalue weighted by molar-refractivity contribution is 5.93. The van der Waals surface area contributed by atoms with Gasteiger partial charge in [0.05, 0.1) is 18.4 Å². The van der Waals surface area contributed by atoms with Gasteiger partial charge in [-0.05, 0) is 32.1 Å². The summed E-state index contributed by atoms with van der Waals surface area (Å²) in [5, 5.41) is 7.17. The van der Waals surface area contributed by atoms with Gasteiger partial charge in [0.1, 0.15) is 11.9 Å². The van der Waals surface area contributed by atoms with E-state index in [0.717, 1.165) is 43.6 Å². The molecule has 23 heavy (non-hydrogen) atoms. The van der Waals surface area contributed by atoms with Crippen molar-refractivity contribution in [3.8, 4) is 5.75 Å². The predicted octanol–water partition coefficient (Wildman–Crippen LogP) is 2.02. The van der Waals surface area contributed by atoms with Crippen LogP contribution >= 0.6 is 0 Å². The van der Waals surface area contributed by atoms with Gasteiger partial charge in [0.25, 0.3) is 5.91 Å². The largest absolute Gasteiger partial charge is 0.485 e. The van der Waals surface area contributed by atoms with Crippen LogP contribution in [0.2, 0.25) is 0 Å². The van der Waals surface area contributed by atoms with Crippen molar-refractivity contribution in [1.82, 2.24) is 20.1 Å². The maximum atomic E-state index is 12.5. The highest BCUT2D eigenvalue weighted by Gasteiger charge is 2.35. The van der Waals surface area contributed by atoms with Crippen LogP contribution < -0.4 is 10.1 Å². The molecule has 0 bridgehead atoms. The van der Waals surface area contributed by atoms with E-state index in [0.29, 0.717) is 11.6 Å². The third kappa shape index (κ3) is 2.95. The predicted molar refractivity (Wildman–Crippen MR) is 81.2 cm³/mol. The molecule has 2 aromatic rings. The van der Waals surface area contributed by atoms with Gasteiger partial charge in [-0.2, -0.15) is 5.10 Å². The highest BCUT2D eigenvalue weighted by atomic mass is 16.5. The fraction of sp³-hybridized carbons (Fsp3) is 0.562. The number of ether oxygens (including phenoxy) is 1. The minimum atomic E-state index is -0.160. The monoisotopic (exact) mass is 316 g/mol. The van der Waals surface area contributed by atoms with Crippen LogP contribution in [-0.4, -0.2) is 32.8 Å². The van der Waals surface area contributed by atoms with Crippen molar-refractivity contribution in [2.75, 3.05) is 0 Å². The first-order valence-corrected chi connectivity index (χ1v) is 8.10. The molecule has 122 valence electrons. The molecule has 1 N–H and O–H groups in total. The molecule has 7 heteroatoms. The SMILES string of the molecule is Cn1cc(O[C@@H]2CCC[C@@H]2NC(=O)c2ncoc2C2CC2)cn1. The number of amides is 1. The lowest BCUT2D eigenvalue weighted by Gasteiger charge is -2.21. The number of hydrogen-bond acceptors (Lipinski definition) is 5. The quantitative estimate of drug-likeness (QED) is 0.912. The molecule has 2 saturated carbocycles. The fourth-order valence-electron chi connectivity index (χ4n) is 3.16. The zero-order valence-electron chi connectivity index (χ0n) is 13.1. The number of nitrogens with zero attached hydrogens (tertiary/aromatic N) is 3. The van der Waals surface area contributed by atoms with Crippen LogP contribution in [0.25, 0.3) is 0 Å². The van der Waals surface area contributed by atoms with E-state index in [1.54, 1.807) is 10.9 Å². The van der Waals surface area contributed by atoms with Crippen LogP contribution in [0.1, 0.15) is 54.3 Å². The first-order valence-electron chi connectivity index (χ1n) is 8.10. The van der Waals surface area contributed by atoms with E-state index in [-0.39, 0.29) is 18.1 Å². The zero-order chi connectivity index (χ0) is 15.8. The molecule has 0 spiro atoms. The van der Waals surface area contributed by atoms with Gasteiger partial charge in [0, 0.05) is 13.0 Å². The van der Waals surface area contributed by atoms with Gasteiger partial charge in [-0.15, -0.1) is 0 Å². The van der Waals surface area contributed by atoms with E-state index in [1.807, 2.05) is 13.2 Å². The maximum Gasteiger partial charge on any atom is 0.273 e. The first kappa shape index (κ1) is 14.3. The molecule has 0 unspecified atom stereocenters. The van der Waals surface area contributed by atoms with Gasteiger partial charge in [-0.3, -0.25) is 9.48 Å². The van der Waals surface area contributed by atoms with Crippen molar-refractivity contribution in [3.05, 3.63) is 30.2 Å². The Morgan fingerprint density at radius 2 is 2.26 bits per heavy atom. The summed E-state index contributed by atoms with van der Waals surface area (Å²) in [6.45, 7) is 0. The third-order valence-corrected chi connectivity index (χ3v) is 4.50. The highest BCUT2D eigenvalue weighted by Crippen LogP contribution is 2.41. The van der Waals surface area contributed by atoms with E-state index >= 15 is 0 Å². The number of aryl methyl sites for hydroxylation is 1. The molecular formula is C16H20N4O3. The van der Waals surface area contributed by atoms with Crippen molar-refractivity contribution in [1.29, 1.82) is 0 Å². The summed E-state index contributed by atoms with van der Waals surface area (Å²) >= 11 is 0. The molecule has 2 aliphatic carbocycles. The second-order valence-corrected chi connectivity index (χ2v) is 6.36. The number of nitrogens with one attached hydrogen (secondary N) is 1. The molecule has 7 nitrogen and oxygen atoms in total. The smallest absolute Gasteiger partial charge is 0.273 e. The van der Waals surface area contributed by atoms with Gasteiger partial charge < -0.3 is 14.5 Å². The van der Waals surface area contributed by atoms with Gasteiger partial charge in [-0.1, -0.05) is 0 Å². The van der Waals surface area contributed by atoms with Gasteiger partial charge in [-0.25, -0.2) is 4.98 Å². The average Bonchev–Trinajstić information content (AvgIpc) is 2.93. The fourth-order valence-corrected chi connectivity index (χ4v) is 3.16. The Bertz CT molecular complexity index is 704. The van der Waals surface area contributed by atoms with Crippen molar-refractivity contribution < 1.29 is 13.9 Å². The lowest BCUT2D eigenvalue weighted by Crippen LogP contribution is -2.42. The number of oxazole rings is 1. The Morgan fingerprint density at radius 3 is 3.00 bits per heavy atom. The lowest BCUT2D eigenvalue weighted by atomic mass is 10.2. The van der Waals surface area contributed by atoms with Crippen LogP contribution in [0, 0.1) is 0 Å². The number of carbonyl (C=O) groups excluding carboxylic acids is 1. The standard InChI is InChI=1S/C16H20N4O3/c1-20-8-11(7-18-20)23-13-4-2-3-12(13)19-16(21)14-15(10-5-6-10)22-9-17-14/h7-10,12-13H,2-6H2,1H3,(H,19,21)/t12-,13+/m0/s1. The van der Waals surface area contributed by atoms with E-state index in [4.69, 9.17) is 9.15 Å². The van der Waals surface area contributed by atoms with Crippen LogP contribution in [0.4, 0.5) is 0 Å². The summed E-state index contributed by atoms with van der Waals surface area (Å²) in [6.07, 6.45) is 9.88. The summed E-state index contributed by atoms with van der Waals surface area (Å²) < 4.78 is 13.1. The van der Waals surface area contributed by atoms with Crippen molar-refractivity contribution in [2.45, 2.75) is 50.2 Å². The second kappa shape index (κ2) is 5.72. The van der Waals surface area contributed by atoms with Crippen molar-refractivity contribution in [3.63, 3.8) is 0 Å². The van der Waals surface area contributed by atoms with Crippen LogP contribution in [0.3, 0.4) is 0 Å². The number of rotatable bonds is 5. The molecule has 4 rings (SSSR count). The van der Waals surface area contributed by atoms with E-state index < -0.39 is 0 Å². The molecular weight excluding hydrogens is 296 g/mol. The Labute approximate surface area is 134 Å². The Morgan fingerprint density at radius 1 is 1.39 bits per heavy atom. The van der Waals surface area contributed by atoms with E-state index in [1.165, 1.54) is 6.39 Å². The van der Waals surface area contributed by atoms with Gasteiger partial charge in [0.15, 0.2) is 17.8 Å². The van der Waals surface area contributed by atoms with Gasteiger partial charge in [0.2, 0.25) is 0 Å². The molecule has 2 atom stereocenters. The Hall–Kier alpha value is -2.31. The van der Waals surface area contributed by atoms with Crippen LogP contribution in [-0.2, 0) is 7.05 Å². The topological polar surface area (TPSA) is 82.2 Å². The minimum Gasteiger partial charge on any atom is -0.485 e. The van der Waals surface area contributed by atoms with Crippen molar-refractivity contribution >= 4 is 5.91 Å². The lowest BCUT2D eigenvalue weighted by molar-refractivity contribution is 0.0887. The normalized spacial score (nSPS) is 23.9. The first-order chi connectivity index (χ1) is 11.2. The number of aromatic nitrogens is 3. The molecule has 2 fully saturated rings. The summed E-state index contributed by atoms with van der Waals surface area (Å²) in [4.78, 5) is 16.6. The molecule has 2 aliphatic rings. The third-order valence-electron chi connectivity index (χ3n) is 4.50. The number of carbonyl (C=O) groups is 1. The van der Waals surface area contributed by atoms with Crippen molar-refractivity contribution in [2.24, 2.45) is 7.05 Å². The average molecular weight is 316 g/mol. The molecule has 2 aromatic heterocycles. The van der Waals surface area contributed by atoms with Crippen LogP contribution in [0.5, 0.6) is 5.75 Å². The summed E-state index contributed by atoms with van der Waals surface area (Å²) in [7, 11) is 1.85. The summed E-state index contributed by atoms with van der Waals surface area (Å²) in [5.41, 5.74) is 0.430. The molecule has 2 heterocycles. The molecule has 0 aliphatic heterocycles.